The van der Waals surface area contributed by atoms with Gasteiger partial charge in [0.1, 0.15) is 5.17 Å². The second kappa shape index (κ2) is 6.25. The fourth-order valence-corrected chi connectivity index (χ4v) is 3.91. The molecule has 148 valence electrons. The van der Waals surface area contributed by atoms with Crippen LogP contribution < -0.4 is 0 Å². The standard InChI is InChI=1S/C20H14ClF3N4O/c1-27-10-25-19-18(27)14-8-11(16-9-17(21)26-29-16)2-7-15(14)28(19)13-5-3-12(4-6-13)20(22,23)24/h2-8,10,16H,9H2,1H3. The highest BCUT2D eigenvalue weighted by atomic mass is 35.5. The lowest BCUT2D eigenvalue weighted by molar-refractivity contribution is -0.137. The molecule has 0 saturated carbocycles. The fraction of sp³-hybridized carbons (Fsp3) is 0.200. The van der Waals surface area contributed by atoms with Crippen LogP contribution in [0.25, 0.3) is 27.8 Å². The van der Waals surface area contributed by atoms with Gasteiger partial charge in [-0.1, -0.05) is 22.8 Å². The number of nitrogens with zero attached hydrogens (tertiary/aromatic N) is 4. The largest absolute Gasteiger partial charge is 0.416 e. The zero-order valence-electron chi connectivity index (χ0n) is 15.1. The third-order valence-corrected chi connectivity index (χ3v) is 5.33. The summed E-state index contributed by atoms with van der Waals surface area (Å²) >= 11 is 5.93. The molecule has 0 amide bonds. The zero-order valence-corrected chi connectivity index (χ0v) is 15.9. The highest BCUT2D eigenvalue weighted by Crippen LogP contribution is 2.36. The van der Waals surface area contributed by atoms with E-state index in [9.17, 15) is 13.2 Å². The van der Waals surface area contributed by atoms with Crippen molar-refractivity contribution >= 4 is 38.8 Å². The Morgan fingerprint density at radius 2 is 1.90 bits per heavy atom. The van der Waals surface area contributed by atoms with Gasteiger partial charge in [0.25, 0.3) is 0 Å². The predicted octanol–water partition coefficient (Wildman–Crippen LogP) is 5.55. The number of aromatic nitrogens is 3. The minimum absolute atomic E-state index is 0.260. The van der Waals surface area contributed by atoms with Gasteiger partial charge in [0.2, 0.25) is 0 Å². The maximum atomic E-state index is 12.9. The van der Waals surface area contributed by atoms with Crippen LogP contribution in [-0.4, -0.2) is 19.3 Å². The first kappa shape index (κ1) is 18.1. The number of halogens is 4. The Balaban J connectivity index is 1.69. The quantitative estimate of drug-likeness (QED) is 0.428. The lowest BCUT2D eigenvalue weighted by Gasteiger charge is -2.11. The van der Waals surface area contributed by atoms with Crippen LogP contribution in [0.2, 0.25) is 0 Å². The molecule has 2 aromatic heterocycles. The van der Waals surface area contributed by atoms with Crippen molar-refractivity contribution in [3.63, 3.8) is 0 Å². The molecule has 29 heavy (non-hydrogen) atoms. The van der Waals surface area contributed by atoms with Crippen LogP contribution in [0, 0.1) is 0 Å². The molecule has 0 spiro atoms. The first-order chi connectivity index (χ1) is 13.8. The van der Waals surface area contributed by atoms with Crippen LogP contribution in [0.3, 0.4) is 0 Å². The van der Waals surface area contributed by atoms with Crippen molar-refractivity contribution in [2.45, 2.75) is 18.7 Å². The van der Waals surface area contributed by atoms with Crippen LogP contribution >= 0.6 is 11.6 Å². The molecule has 0 aliphatic carbocycles. The average molecular weight is 419 g/mol. The molecule has 2 aromatic carbocycles. The van der Waals surface area contributed by atoms with E-state index in [4.69, 9.17) is 16.4 Å². The van der Waals surface area contributed by atoms with Gasteiger partial charge in [0, 0.05) is 24.5 Å². The van der Waals surface area contributed by atoms with E-state index in [1.165, 1.54) is 12.1 Å². The Hall–Kier alpha value is -3.00. The Morgan fingerprint density at radius 3 is 2.55 bits per heavy atom. The smallest absolute Gasteiger partial charge is 0.386 e. The normalized spacial score (nSPS) is 17.1. The Morgan fingerprint density at radius 1 is 1.14 bits per heavy atom. The average Bonchev–Trinajstić information content (AvgIpc) is 3.36. The Bertz CT molecular complexity index is 1270. The third kappa shape index (κ3) is 2.86. The van der Waals surface area contributed by atoms with Crippen LogP contribution in [0.15, 0.2) is 53.9 Å². The van der Waals surface area contributed by atoms with Gasteiger partial charge in [-0.3, -0.25) is 4.57 Å². The van der Waals surface area contributed by atoms with Gasteiger partial charge in [0.15, 0.2) is 11.8 Å². The molecule has 3 heterocycles. The molecular formula is C20H14ClF3N4O. The third-order valence-electron chi connectivity index (χ3n) is 5.10. The zero-order chi connectivity index (χ0) is 20.3. The van der Waals surface area contributed by atoms with Gasteiger partial charge < -0.3 is 9.40 Å². The summed E-state index contributed by atoms with van der Waals surface area (Å²) in [5.41, 5.74) is 3.23. The van der Waals surface area contributed by atoms with Crippen molar-refractivity contribution in [3.05, 3.63) is 59.9 Å². The van der Waals surface area contributed by atoms with Gasteiger partial charge in [-0.15, -0.1) is 0 Å². The molecule has 0 bridgehead atoms. The highest BCUT2D eigenvalue weighted by Gasteiger charge is 2.30. The summed E-state index contributed by atoms with van der Waals surface area (Å²) in [4.78, 5) is 9.85. The molecule has 1 unspecified atom stereocenters. The molecule has 0 saturated heterocycles. The molecule has 0 fully saturated rings. The number of imidazole rings is 1. The first-order valence-electron chi connectivity index (χ1n) is 8.84. The van der Waals surface area contributed by atoms with Crippen LogP contribution in [-0.2, 0) is 18.1 Å². The van der Waals surface area contributed by atoms with E-state index >= 15 is 0 Å². The van der Waals surface area contributed by atoms with Crippen molar-refractivity contribution in [2.75, 3.05) is 0 Å². The number of alkyl halides is 3. The second-order valence-corrected chi connectivity index (χ2v) is 7.39. The summed E-state index contributed by atoms with van der Waals surface area (Å²) in [7, 11) is 1.88. The topological polar surface area (TPSA) is 44.3 Å². The molecule has 5 nitrogen and oxygen atoms in total. The minimum Gasteiger partial charge on any atom is -0.386 e. The predicted molar refractivity (Wildman–Crippen MR) is 104 cm³/mol. The van der Waals surface area contributed by atoms with Crippen LogP contribution in [0.4, 0.5) is 13.2 Å². The van der Waals surface area contributed by atoms with Crippen molar-refractivity contribution in [2.24, 2.45) is 12.2 Å². The van der Waals surface area contributed by atoms with E-state index in [2.05, 4.69) is 10.1 Å². The summed E-state index contributed by atoms with van der Waals surface area (Å²) in [5, 5.41) is 5.13. The number of oxime groups is 1. The summed E-state index contributed by atoms with van der Waals surface area (Å²) < 4.78 is 42.6. The van der Waals surface area contributed by atoms with Crippen molar-refractivity contribution in [1.82, 2.24) is 14.1 Å². The number of aryl methyl sites for hydroxylation is 1. The number of hydrogen-bond donors (Lipinski definition) is 0. The molecule has 0 N–H and O–H groups in total. The summed E-state index contributed by atoms with van der Waals surface area (Å²) in [6.07, 6.45) is -2.45. The first-order valence-corrected chi connectivity index (χ1v) is 9.22. The molecule has 1 aliphatic rings. The number of rotatable bonds is 2. The van der Waals surface area contributed by atoms with E-state index in [0.717, 1.165) is 34.1 Å². The molecule has 1 aliphatic heterocycles. The lowest BCUT2D eigenvalue weighted by Crippen LogP contribution is -2.05. The lowest BCUT2D eigenvalue weighted by atomic mass is 10.0. The Kier molecular flexibility index (Phi) is 3.89. The van der Waals surface area contributed by atoms with E-state index in [1.54, 1.807) is 6.33 Å². The number of fused-ring (bicyclic) bond motifs is 3. The van der Waals surface area contributed by atoms with Gasteiger partial charge in [0.05, 0.1) is 22.9 Å². The van der Waals surface area contributed by atoms with Crippen LogP contribution in [0.5, 0.6) is 0 Å². The van der Waals surface area contributed by atoms with E-state index in [-0.39, 0.29) is 6.10 Å². The Labute approximate surface area is 167 Å². The van der Waals surface area contributed by atoms with Crippen molar-refractivity contribution < 1.29 is 18.0 Å². The van der Waals surface area contributed by atoms with E-state index in [1.807, 2.05) is 34.4 Å². The molecular weight excluding hydrogens is 405 g/mol. The monoisotopic (exact) mass is 418 g/mol. The van der Waals surface area contributed by atoms with E-state index < -0.39 is 11.7 Å². The maximum Gasteiger partial charge on any atom is 0.416 e. The van der Waals surface area contributed by atoms with Gasteiger partial charge in [-0.2, -0.15) is 13.2 Å². The minimum atomic E-state index is -4.38. The fourth-order valence-electron chi connectivity index (χ4n) is 3.73. The summed E-state index contributed by atoms with van der Waals surface area (Å²) in [6, 6.07) is 10.9. The van der Waals surface area contributed by atoms with Crippen molar-refractivity contribution in [1.29, 1.82) is 0 Å². The summed E-state index contributed by atoms with van der Waals surface area (Å²) in [5.74, 6) is 0. The molecule has 5 rings (SSSR count). The van der Waals surface area contributed by atoms with Gasteiger partial charge in [-0.05, 0) is 42.0 Å². The molecule has 9 heteroatoms. The molecule has 4 aromatic rings. The van der Waals surface area contributed by atoms with Crippen molar-refractivity contribution in [3.8, 4) is 5.69 Å². The number of benzene rings is 2. The molecule has 1 atom stereocenters. The highest BCUT2D eigenvalue weighted by molar-refractivity contribution is 6.65. The maximum absolute atomic E-state index is 12.9. The van der Waals surface area contributed by atoms with Crippen LogP contribution in [0.1, 0.15) is 23.7 Å². The van der Waals surface area contributed by atoms with Gasteiger partial charge in [-0.25, -0.2) is 4.98 Å². The molecule has 0 radical (unpaired) electrons. The van der Waals surface area contributed by atoms with Gasteiger partial charge >= 0.3 is 6.18 Å². The summed E-state index contributed by atoms with van der Waals surface area (Å²) in [6.45, 7) is 0. The SMILES string of the molecule is Cn1cnc2c1c1cc(C3CC(Cl)=NO3)ccc1n2-c1ccc(C(F)(F)F)cc1. The van der Waals surface area contributed by atoms with E-state index in [0.29, 0.717) is 22.9 Å². The number of hydrogen-bond acceptors (Lipinski definition) is 3. The second-order valence-electron chi connectivity index (χ2n) is 6.95.